The highest BCUT2D eigenvalue weighted by molar-refractivity contribution is 5.42. The number of aromatic nitrogens is 2. The third-order valence-corrected chi connectivity index (χ3v) is 3.97. The van der Waals surface area contributed by atoms with Crippen LogP contribution in [0.1, 0.15) is 0 Å². The molecule has 0 bridgehead atoms. The van der Waals surface area contributed by atoms with Crippen LogP contribution < -0.4 is 15.2 Å². The van der Waals surface area contributed by atoms with Crippen LogP contribution in [-0.4, -0.2) is 27.6 Å². The first-order chi connectivity index (χ1) is 14.2. The molecule has 2 aromatic carbocycles. The summed E-state index contributed by atoms with van der Waals surface area (Å²) in [5.41, 5.74) is 0. The lowest BCUT2D eigenvalue weighted by Gasteiger charge is -2.12. The smallest absolute Gasteiger partial charge is 0.437 e. The van der Waals surface area contributed by atoms with Crippen LogP contribution in [0.3, 0.4) is 0 Å². The van der Waals surface area contributed by atoms with Gasteiger partial charge in [-0.05, 0) is 48.5 Å². The summed E-state index contributed by atoms with van der Waals surface area (Å²) in [6.45, 7) is -0.0908. The third kappa shape index (κ3) is 4.74. The number of furan rings is 1. The van der Waals surface area contributed by atoms with E-state index in [0.717, 1.165) is 10.4 Å². The number of aliphatic hydroxyl groups is 1. The van der Waals surface area contributed by atoms with Gasteiger partial charge in [-0.15, -0.1) is 5.10 Å². The van der Waals surface area contributed by atoms with Crippen LogP contribution in [0.2, 0.25) is 0 Å². The first kappa shape index (κ1) is 18.6. The van der Waals surface area contributed by atoms with E-state index in [-0.39, 0.29) is 19.0 Å². The summed E-state index contributed by atoms with van der Waals surface area (Å²) in [4.78, 5) is 11.9. The molecule has 0 amide bonds. The summed E-state index contributed by atoms with van der Waals surface area (Å²) in [6.07, 6.45) is 0.496. The second-order valence-corrected chi connectivity index (χ2v) is 6.18. The van der Waals surface area contributed by atoms with E-state index in [1.807, 2.05) is 30.3 Å². The molecule has 0 spiro atoms. The standard InChI is InChI=1S/C21H18N2O6/c24-15(13-23-21(25)29-20(22-23)19-7-4-12-26-19)14-27-16-8-10-18(11-9-16)28-17-5-2-1-3-6-17/h1-12,15,24H,13-14H2. The number of nitrogens with zero attached hydrogens (tertiary/aromatic N) is 2. The Morgan fingerprint density at radius 2 is 1.69 bits per heavy atom. The Morgan fingerprint density at radius 1 is 0.966 bits per heavy atom. The normalized spacial score (nSPS) is 11.9. The van der Waals surface area contributed by atoms with Gasteiger partial charge in [0.2, 0.25) is 0 Å². The average Bonchev–Trinajstić information content (AvgIpc) is 3.39. The van der Waals surface area contributed by atoms with Gasteiger partial charge in [0.05, 0.1) is 12.8 Å². The van der Waals surface area contributed by atoms with Crippen LogP contribution in [0, 0.1) is 0 Å². The maximum absolute atomic E-state index is 11.9. The van der Waals surface area contributed by atoms with Crippen molar-refractivity contribution in [2.45, 2.75) is 12.6 Å². The van der Waals surface area contributed by atoms with Crippen molar-refractivity contribution >= 4 is 0 Å². The van der Waals surface area contributed by atoms with Crippen LogP contribution >= 0.6 is 0 Å². The zero-order chi connectivity index (χ0) is 20.1. The molecule has 148 valence electrons. The fourth-order valence-corrected chi connectivity index (χ4v) is 2.59. The number of benzene rings is 2. The number of hydrogen-bond donors (Lipinski definition) is 1. The third-order valence-electron chi connectivity index (χ3n) is 3.97. The minimum Gasteiger partial charge on any atom is -0.491 e. The van der Waals surface area contributed by atoms with Gasteiger partial charge >= 0.3 is 5.76 Å². The second-order valence-electron chi connectivity index (χ2n) is 6.18. The monoisotopic (exact) mass is 394 g/mol. The summed E-state index contributed by atoms with van der Waals surface area (Å²) in [6, 6.07) is 19.7. The minimum atomic E-state index is -0.956. The molecule has 4 aromatic rings. The van der Waals surface area contributed by atoms with Gasteiger partial charge in [-0.2, -0.15) is 4.68 Å². The number of rotatable bonds is 8. The van der Waals surface area contributed by atoms with Gasteiger partial charge in [0.15, 0.2) is 5.76 Å². The molecule has 0 aliphatic carbocycles. The number of aliphatic hydroxyl groups excluding tert-OH is 1. The Kier molecular flexibility index (Phi) is 5.44. The fraction of sp³-hybridized carbons (Fsp3) is 0.143. The first-order valence-electron chi connectivity index (χ1n) is 8.93. The lowest BCUT2D eigenvalue weighted by atomic mass is 10.3. The van der Waals surface area contributed by atoms with E-state index in [9.17, 15) is 9.90 Å². The summed E-state index contributed by atoms with van der Waals surface area (Å²) < 4.78 is 22.5. The lowest BCUT2D eigenvalue weighted by Crippen LogP contribution is -2.29. The van der Waals surface area contributed by atoms with Gasteiger partial charge in [0.1, 0.15) is 30.0 Å². The van der Waals surface area contributed by atoms with Gasteiger partial charge < -0.3 is 23.4 Å². The molecule has 8 nitrogen and oxygen atoms in total. The molecular formula is C21H18N2O6. The number of hydrogen-bond acceptors (Lipinski definition) is 7. The van der Waals surface area contributed by atoms with Gasteiger partial charge in [0.25, 0.3) is 5.89 Å². The maximum atomic E-state index is 11.9. The van der Waals surface area contributed by atoms with Gasteiger partial charge in [0, 0.05) is 0 Å². The molecule has 4 rings (SSSR count). The number of ether oxygens (including phenoxy) is 2. The summed E-state index contributed by atoms with van der Waals surface area (Å²) >= 11 is 0. The first-order valence-corrected chi connectivity index (χ1v) is 8.93. The highest BCUT2D eigenvalue weighted by atomic mass is 16.5. The predicted molar refractivity (Wildman–Crippen MR) is 103 cm³/mol. The Bertz CT molecular complexity index is 1080. The molecule has 29 heavy (non-hydrogen) atoms. The van der Waals surface area contributed by atoms with Crippen molar-refractivity contribution in [3.8, 4) is 28.9 Å². The van der Waals surface area contributed by atoms with E-state index in [1.54, 1.807) is 36.4 Å². The summed E-state index contributed by atoms with van der Waals surface area (Å²) in [5, 5.41) is 14.2. The van der Waals surface area contributed by atoms with Crippen molar-refractivity contribution < 1.29 is 23.4 Å². The largest absolute Gasteiger partial charge is 0.491 e. The molecule has 1 N–H and O–H groups in total. The topological polar surface area (TPSA) is 99.9 Å². The molecular weight excluding hydrogens is 376 g/mol. The molecule has 2 heterocycles. The summed E-state index contributed by atoms with van der Waals surface area (Å²) in [7, 11) is 0. The van der Waals surface area contributed by atoms with Crippen LogP contribution in [0.15, 0.2) is 86.6 Å². The zero-order valence-corrected chi connectivity index (χ0v) is 15.3. The lowest BCUT2D eigenvalue weighted by molar-refractivity contribution is 0.0875. The van der Waals surface area contributed by atoms with Crippen molar-refractivity contribution in [3.05, 3.63) is 83.5 Å². The quantitative estimate of drug-likeness (QED) is 0.489. The van der Waals surface area contributed by atoms with Gasteiger partial charge in [-0.3, -0.25) is 0 Å². The van der Waals surface area contributed by atoms with Gasteiger partial charge in [-0.25, -0.2) is 4.79 Å². The van der Waals surface area contributed by atoms with E-state index in [0.29, 0.717) is 17.3 Å². The highest BCUT2D eigenvalue weighted by Crippen LogP contribution is 2.23. The maximum Gasteiger partial charge on any atom is 0.437 e. The molecule has 0 aliphatic rings. The fourth-order valence-electron chi connectivity index (χ4n) is 2.59. The minimum absolute atomic E-state index is 0.0196. The van der Waals surface area contributed by atoms with Crippen molar-refractivity contribution in [1.82, 2.24) is 9.78 Å². The van der Waals surface area contributed by atoms with Crippen LogP contribution in [-0.2, 0) is 6.54 Å². The molecule has 0 fully saturated rings. The molecule has 1 unspecified atom stereocenters. The molecule has 0 aliphatic heterocycles. The Balaban J connectivity index is 1.30. The summed E-state index contributed by atoms with van der Waals surface area (Å²) in [5.74, 6) is 1.69. The van der Waals surface area contributed by atoms with Crippen molar-refractivity contribution in [2.24, 2.45) is 0 Å². The van der Waals surface area contributed by atoms with E-state index >= 15 is 0 Å². The van der Waals surface area contributed by atoms with Crippen molar-refractivity contribution in [3.63, 3.8) is 0 Å². The molecule has 1 atom stereocenters. The Labute approximate surface area is 165 Å². The van der Waals surface area contributed by atoms with Crippen molar-refractivity contribution in [1.29, 1.82) is 0 Å². The van der Waals surface area contributed by atoms with Gasteiger partial charge in [-0.1, -0.05) is 18.2 Å². The van der Waals surface area contributed by atoms with E-state index < -0.39 is 11.9 Å². The van der Waals surface area contributed by atoms with Crippen LogP contribution in [0.25, 0.3) is 11.7 Å². The van der Waals surface area contributed by atoms with Crippen molar-refractivity contribution in [2.75, 3.05) is 6.61 Å². The average molecular weight is 394 g/mol. The SMILES string of the molecule is O=c1oc(-c2ccco2)nn1CC(O)COc1ccc(Oc2ccccc2)cc1. The Hall–Kier alpha value is -3.78. The molecule has 0 saturated heterocycles. The zero-order valence-electron chi connectivity index (χ0n) is 15.3. The van der Waals surface area contributed by atoms with E-state index in [2.05, 4.69) is 5.10 Å². The van der Waals surface area contributed by atoms with E-state index in [4.69, 9.17) is 18.3 Å². The molecule has 2 aromatic heterocycles. The van der Waals surface area contributed by atoms with Crippen LogP contribution in [0.4, 0.5) is 0 Å². The molecule has 0 radical (unpaired) electrons. The number of para-hydroxylation sites is 1. The van der Waals surface area contributed by atoms with Crippen LogP contribution in [0.5, 0.6) is 17.2 Å². The predicted octanol–water partition coefficient (Wildman–Crippen LogP) is 3.33. The molecule has 0 saturated carbocycles. The van der Waals surface area contributed by atoms with E-state index in [1.165, 1.54) is 6.26 Å². The molecule has 8 heteroatoms. The Morgan fingerprint density at radius 3 is 2.41 bits per heavy atom. The second kappa shape index (κ2) is 8.49. The highest BCUT2D eigenvalue weighted by Gasteiger charge is 2.16.